The normalized spacial score (nSPS) is 29.4. The van der Waals surface area contributed by atoms with E-state index in [1.54, 1.807) is 13.0 Å². The molecule has 0 unspecified atom stereocenters. The number of carbonyl (C=O) groups is 2. The van der Waals surface area contributed by atoms with Gasteiger partial charge >= 0.3 is 5.97 Å². The van der Waals surface area contributed by atoms with Gasteiger partial charge in [0.15, 0.2) is 5.78 Å². The molecule has 0 aromatic rings. The number of aliphatic hydroxyl groups excluding tert-OH is 2. The summed E-state index contributed by atoms with van der Waals surface area (Å²) in [6.07, 6.45) is 5.95. The molecule has 1 aliphatic heterocycles. The first kappa shape index (κ1) is 21.4. The number of ether oxygens (including phenoxy) is 1. The minimum absolute atomic E-state index is 0.226. The zero-order valence-electron chi connectivity index (χ0n) is 16.3. The lowest BCUT2D eigenvalue weighted by Gasteiger charge is -2.42. The van der Waals surface area contributed by atoms with E-state index in [1.165, 1.54) is 0 Å². The van der Waals surface area contributed by atoms with Crippen molar-refractivity contribution in [3.05, 3.63) is 34.6 Å². The molecule has 0 amide bonds. The van der Waals surface area contributed by atoms with Crippen LogP contribution in [0.1, 0.15) is 65.7 Å². The number of allylic oxidation sites excluding steroid dienone is 4. The van der Waals surface area contributed by atoms with Crippen molar-refractivity contribution in [3.8, 4) is 0 Å². The molecule has 2 aliphatic rings. The second kappa shape index (κ2) is 8.85. The summed E-state index contributed by atoms with van der Waals surface area (Å²) in [5.41, 5.74) is 1.20. The van der Waals surface area contributed by atoms with Crippen molar-refractivity contribution in [2.45, 2.75) is 83.5 Å². The van der Waals surface area contributed by atoms with Gasteiger partial charge in [0.05, 0.1) is 6.10 Å². The Labute approximate surface area is 160 Å². The third kappa shape index (κ3) is 5.30. The number of aliphatic carboxylic acids is 1. The quantitative estimate of drug-likeness (QED) is 0.465. The summed E-state index contributed by atoms with van der Waals surface area (Å²) in [5.74, 6) is -0.596. The van der Waals surface area contributed by atoms with Gasteiger partial charge in [-0.15, -0.1) is 0 Å². The van der Waals surface area contributed by atoms with Gasteiger partial charge in [0.1, 0.15) is 17.5 Å². The molecule has 3 N–H and O–H groups in total. The van der Waals surface area contributed by atoms with Gasteiger partial charge in [0.2, 0.25) is 0 Å². The van der Waals surface area contributed by atoms with Crippen LogP contribution in [0.15, 0.2) is 34.6 Å². The van der Waals surface area contributed by atoms with Gasteiger partial charge in [-0.05, 0) is 52.9 Å². The maximum absolute atomic E-state index is 12.1. The molecule has 0 fully saturated rings. The Morgan fingerprint density at radius 3 is 2.63 bits per heavy atom. The lowest BCUT2D eigenvalue weighted by Crippen LogP contribution is -2.48. The first-order valence-electron chi connectivity index (χ1n) is 9.51. The highest BCUT2D eigenvalue weighted by molar-refractivity contribution is 6.00. The minimum Gasteiger partial charge on any atom is -0.489 e. The van der Waals surface area contributed by atoms with Crippen molar-refractivity contribution in [1.82, 2.24) is 0 Å². The molecule has 0 aromatic carbocycles. The zero-order valence-corrected chi connectivity index (χ0v) is 16.3. The highest BCUT2D eigenvalue weighted by Crippen LogP contribution is 2.40. The molecule has 0 radical (unpaired) electrons. The lowest BCUT2D eigenvalue weighted by atomic mass is 9.81. The molecule has 2 rings (SSSR count). The Hall–Kier alpha value is -1.92. The SMILES string of the molecule is CC(=CCC[C@]1(C)OC2=C(C[C@@H]1O)C(=O)[C@H](O)CC2)CC/C=C(\C)C(=O)O. The first-order chi connectivity index (χ1) is 12.6. The van der Waals surface area contributed by atoms with E-state index in [2.05, 4.69) is 6.08 Å². The van der Waals surface area contributed by atoms with Crippen LogP contribution >= 0.6 is 0 Å². The predicted molar refractivity (Wildman–Crippen MR) is 101 cm³/mol. The fourth-order valence-corrected chi connectivity index (χ4v) is 3.50. The third-order valence-corrected chi connectivity index (χ3v) is 5.50. The van der Waals surface area contributed by atoms with Gasteiger partial charge in [-0.2, -0.15) is 0 Å². The van der Waals surface area contributed by atoms with Crippen molar-refractivity contribution in [1.29, 1.82) is 0 Å². The fourth-order valence-electron chi connectivity index (χ4n) is 3.50. The van der Waals surface area contributed by atoms with Gasteiger partial charge in [-0.25, -0.2) is 4.79 Å². The monoisotopic (exact) mass is 378 g/mol. The van der Waals surface area contributed by atoms with E-state index in [1.807, 2.05) is 13.8 Å². The second-order valence-corrected chi connectivity index (χ2v) is 7.78. The Balaban J connectivity index is 1.91. The van der Waals surface area contributed by atoms with Crippen molar-refractivity contribution in [3.63, 3.8) is 0 Å². The molecule has 150 valence electrons. The summed E-state index contributed by atoms with van der Waals surface area (Å²) in [7, 11) is 0. The molecule has 1 heterocycles. The van der Waals surface area contributed by atoms with Crippen LogP contribution in [0.5, 0.6) is 0 Å². The number of Topliss-reactive ketones (excluding diaryl/α,β-unsaturated/α-hetero) is 1. The van der Waals surface area contributed by atoms with E-state index in [-0.39, 0.29) is 12.2 Å². The van der Waals surface area contributed by atoms with Gasteiger partial charge in [0.25, 0.3) is 0 Å². The topological polar surface area (TPSA) is 104 Å². The Kier molecular flexibility index (Phi) is 7.00. The number of rotatable bonds is 7. The van der Waals surface area contributed by atoms with E-state index < -0.39 is 23.8 Å². The number of carboxylic acid groups (broad SMARTS) is 1. The summed E-state index contributed by atoms with van der Waals surface area (Å²) in [5, 5.41) is 29.1. The summed E-state index contributed by atoms with van der Waals surface area (Å²) < 4.78 is 6.02. The second-order valence-electron chi connectivity index (χ2n) is 7.78. The number of aliphatic hydroxyl groups is 2. The fraction of sp³-hybridized carbons (Fsp3) is 0.619. The molecule has 0 saturated carbocycles. The average Bonchev–Trinajstić information content (AvgIpc) is 2.60. The van der Waals surface area contributed by atoms with Crippen LogP contribution in [0, 0.1) is 0 Å². The molecule has 0 saturated heterocycles. The highest BCUT2D eigenvalue weighted by atomic mass is 16.5. The predicted octanol–water partition coefficient (Wildman–Crippen LogP) is 3.04. The van der Waals surface area contributed by atoms with Crippen LogP contribution in [0.4, 0.5) is 0 Å². The average molecular weight is 378 g/mol. The molecule has 0 aromatic heterocycles. The van der Waals surface area contributed by atoms with Gasteiger partial charge in [-0.3, -0.25) is 4.79 Å². The summed E-state index contributed by atoms with van der Waals surface area (Å²) >= 11 is 0. The Morgan fingerprint density at radius 2 is 1.96 bits per heavy atom. The molecular weight excluding hydrogens is 348 g/mol. The molecule has 3 atom stereocenters. The molecule has 1 aliphatic carbocycles. The number of carboxylic acids is 1. The van der Waals surface area contributed by atoms with Crippen molar-refractivity contribution in [2.75, 3.05) is 0 Å². The van der Waals surface area contributed by atoms with E-state index in [9.17, 15) is 19.8 Å². The molecule has 27 heavy (non-hydrogen) atoms. The van der Waals surface area contributed by atoms with E-state index in [0.29, 0.717) is 42.6 Å². The van der Waals surface area contributed by atoms with Crippen molar-refractivity contribution < 1.29 is 29.6 Å². The molecular formula is C21H30O6. The van der Waals surface area contributed by atoms with E-state index >= 15 is 0 Å². The van der Waals surface area contributed by atoms with Crippen molar-refractivity contribution in [2.24, 2.45) is 0 Å². The molecule has 6 heteroatoms. The standard InChI is InChI=1S/C21H30O6/c1-13(6-4-8-14(2)20(25)26)7-5-11-21(3)18(23)12-15-17(27-21)10-9-16(22)19(15)24/h7-8,16,18,22-23H,4-6,9-12H2,1-3H3,(H,25,26)/b13-7?,14-8+/t16-,18+,21+/m1/s1. The zero-order chi connectivity index (χ0) is 20.2. The largest absolute Gasteiger partial charge is 0.489 e. The van der Waals surface area contributed by atoms with Gasteiger partial charge in [0, 0.05) is 24.0 Å². The van der Waals surface area contributed by atoms with Crippen LogP contribution in [0.2, 0.25) is 0 Å². The first-order valence-corrected chi connectivity index (χ1v) is 9.51. The lowest BCUT2D eigenvalue weighted by molar-refractivity contribution is -0.134. The number of carbonyl (C=O) groups excluding carboxylic acids is 1. The van der Waals surface area contributed by atoms with Crippen molar-refractivity contribution >= 4 is 11.8 Å². The smallest absolute Gasteiger partial charge is 0.330 e. The number of hydrogen-bond donors (Lipinski definition) is 3. The molecule has 0 spiro atoms. The van der Waals surface area contributed by atoms with Gasteiger partial charge < -0.3 is 20.1 Å². The van der Waals surface area contributed by atoms with Crippen LogP contribution in [0.3, 0.4) is 0 Å². The minimum atomic E-state index is -0.978. The number of ketones is 1. The van der Waals surface area contributed by atoms with Crippen LogP contribution < -0.4 is 0 Å². The number of hydrogen-bond acceptors (Lipinski definition) is 5. The van der Waals surface area contributed by atoms with E-state index in [4.69, 9.17) is 9.84 Å². The maximum atomic E-state index is 12.1. The molecule has 0 bridgehead atoms. The summed E-state index contributed by atoms with van der Waals surface area (Å²) in [6.45, 7) is 5.45. The highest BCUT2D eigenvalue weighted by Gasteiger charge is 2.44. The van der Waals surface area contributed by atoms with Gasteiger partial charge in [-0.1, -0.05) is 17.7 Å². The van der Waals surface area contributed by atoms with Crippen LogP contribution in [-0.2, 0) is 14.3 Å². The van der Waals surface area contributed by atoms with Crippen LogP contribution in [0.25, 0.3) is 0 Å². The summed E-state index contributed by atoms with van der Waals surface area (Å²) in [4.78, 5) is 22.8. The third-order valence-electron chi connectivity index (χ3n) is 5.50. The maximum Gasteiger partial charge on any atom is 0.330 e. The summed E-state index contributed by atoms with van der Waals surface area (Å²) in [6, 6.07) is 0. The van der Waals surface area contributed by atoms with E-state index in [0.717, 1.165) is 18.4 Å². The Morgan fingerprint density at radius 1 is 1.26 bits per heavy atom. The molecule has 6 nitrogen and oxygen atoms in total. The Bertz CT molecular complexity index is 687. The van der Waals surface area contributed by atoms with Crippen LogP contribution in [-0.4, -0.2) is 44.9 Å².